The van der Waals surface area contributed by atoms with Gasteiger partial charge in [-0.15, -0.1) is 0 Å². The van der Waals surface area contributed by atoms with Gasteiger partial charge in [-0.25, -0.2) is 0 Å². The Morgan fingerprint density at radius 3 is 2.00 bits per heavy atom. The molecule has 1 aliphatic rings. The van der Waals surface area contributed by atoms with Crippen molar-refractivity contribution in [2.75, 3.05) is 19.6 Å². The standard InChI is InChI=1S/C8H10F3NO.2C2H6/c1-6(5-13)2-12-3-7(4-12)8(9,10)11;2*1-2/h5,7H,1-4H2;2*1-2H3. The second-order valence-corrected chi connectivity index (χ2v) is 3.21. The predicted octanol–water partition coefficient (Wildman–Crippen LogP) is 3.29. The Labute approximate surface area is 101 Å². The number of likely N-dealkylation sites (tertiary alicyclic amines) is 1. The molecule has 1 saturated heterocycles. The van der Waals surface area contributed by atoms with Gasteiger partial charge in [-0.05, 0) is 5.57 Å². The minimum atomic E-state index is -4.10. The first-order valence-corrected chi connectivity index (χ1v) is 5.85. The van der Waals surface area contributed by atoms with E-state index >= 15 is 0 Å². The topological polar surface area (TPSA) is 20.3 Å². The Kier molecular flexibility index (Phi) is 10.0. The summed E-state index contributed by atoms with van der Waals surface area (Å²) in [6.07, 6.45) is -3.53. The van der Waals surface area contributed by atoms with Gasteiger partial charge in [0, 0.05) is 19.6 Å². The maximum absolute atomic E-state index is 12.0. The molecule has 0 amide bonds. The molecule has 0 unspecified atom stereocenters. The smallest absolute Gasteiger partial charge is 0.298 e. The molecule has 0 aromatic carbocycles. The molecular formula is C12H22F3NO. The van der Waals surface area contributed by atoms with E-state index in [-0.39, 0.29) is 19.6 Å². The lowest BCUT2D eigenvalue weighted by atomic mass is 9.99. The summed E-state index contributed by atoms with van der Waals surface area (Å²) < 4.78 is 35.9. The van der Waals surface area contributed by atoms with Crippen LogP contribution in [-0.2, 0) is 4.79 Å². The van der Waals surface area contributed by atoms with Crippen LogP contribution in [0.1, 0.15) is 27.7 Å². The average molecular weight is 253 g/mol. The molecular weight excluding hydrogens is 231 g/mol. The number of alkyl halides is 3. The van der Waals surface area contributed by atoms with E-state index in [0.29, 0.717) is 11.9 Å². The predicted molar refractivity (Wildman–Crippen MR) is 63.9 cm³/mol. The van der Waals surface area contributed by atoms with Crippen molar-refractivity contribution in [3.05, 3.63) is 12.2 Å². The molecule has 0 aromatic rings. The van der Waals surface area contributed by atoms with Crippen LogP contribution in [0.2, 0.25) is 0 Å². The summed E-state index contributed by atoms with van der Waals surface area (Å²) in [5, 5.41) is 0. The van der Waals surface area contributed by atoms with E-state index in [1.165, 1.54) is 0 Å². The number of carbonyl (C=O) groups excluding carboxylic acids is 1. The van der Waals surface area contributed by atoms with Crippen molar-refractivity contribution in [1.29, 1.82) is 0 Å². The van der Waals surface area contributed by atoms with Crippen LogP contribution in [0.3, 0.4) is 0 Å². The van der Waals surface area contributed by atoms with Gasteiger partial charge in [0.2, 0.25) is 0 Å². The van der Waals surface area contributed by atoms with Crippen molar-refractivity contribution in [3.63, 3.8) is 0 Å². The maximum atomic E-state index is 12.0. The third kappa shape index (κ3) is 7.15. The molecule has 0 radical (unpaired) electrons. The molecule has 102 valence electrons. The first-order valence-electron chi connectivity index (χ1n) is 5.85. The van der Waals surface area contributed by atoms with Gasteiger partial charge < -0.3 is 0 Å². The highest BCUT2D eigenvalue weighted by Crippen LogP contribution is 2.33. The highest BCUT2D eigenvalue weighted by Gasteiger charge is 2.46. The van der Waals surface area contributed by atoms with Gasteiger partial charge in [-0.3, -0.25) is 9.69 Å². The number of nitrogens with zero attached hydrogens (tertiary/aromatic N) is 1. The van der Waals surface area contributed by atoms with E-state index in [1.54, 1.807) is 4.90 Å². The Morgan fingerprint density at radius 2 is 1.71 bits per heavy atom. The zero-order chi connectivity index (χ0) is 14.1. The molecule has 0 aromatic heterocycles. The van der Waals surface area contributed by atoms with Gasteiger partial charge in [0.05, 0.1) is 5.92 Å². The van der Waals surface area contributed by atoms with Gasteiger partial charge in [0.15, 0.2) is 0 Å². The molecule has 5 heteroatoms. The third-order valence-electron chi connectivity index (χ3n) is 2.01. The van der Waals surface area contributed by atoms with Crippen LogP contribution in [0.25, 0.3) is 0 Å². The summed E-state index contributed by atoms with van der Waals surface area (Å²) in [4.78, 5) is 11.7. The number of aldehydes is 1. The fourth-order valence-corrected chi connectivity index (χ4v) is 1.23. The van der Waals surface area contributed by atoms with Crippen LogP contribution in [0, 0.1) is 5.92 Å². The molecule has 1 fully saturated rings. The molecule has 17 heavy (non-hydrogen) atoms. The van der Waals surface area contributed by atoms with Crippen molar-refractivity contribution >= 4 is 6.29 Å². The zero-order valence-electron chi connectivity index (χ0n) is 11.0. The van der Waals surface area contributed by atoms with E-state index in [1.807, 2.05) is 27.7 Å². The maximum Gasteiger partial charge on any atom is 0.394 e. The van der Waals surface area contributed by atoms with Crippen LogP contribution in [0.5, 0.6) is 0 Å². The Balaban J connectivity index is 0. The van der Waals surface area contributed by atoms with Crippen molar-refractivity contribution in [2.24, 2.45) is 5.92 Å². The fraction of sp³-hybridized carbons (Fsp3) is 0.750. The molecule has 1 rings (SSSR count). The summed E-state index contributed by atoms with van der Waals surface area (Å²) in [5.74, 6) is -1.23. The number of halogens is 3. The Morgan fingerprint density at radius 1 is 1.29 bits per heavy atom. The molecule has 0 N–H and O–H groups in total. The van der Waals surface area contributed by atoms with Crippen LogP contribution in [-0.4, -0.2) is 37.0 Å². The highest BCUT2D eigenvalue weighted by molar-refractivity contribution is 5.72. The number of rotatable bonds is 3. The summed E-state index contributed by atoms with van der Waals surface area (Å²) in [6, 6.07) is 0. The molecule has 0 saturated carbocycles. The summed E-state index contributed by atoms with van der Waals surface area (Å²) in [7, 11) is 0. The van der Waals surface area contributed by atoms with Crippen molar-refractivity contribution in [1.82, 2.24) is 4.90 Å². The normalized spacial score (nSPS) is 15.7. The lowest BCUT2D eigenvalue weighted by molar-refractivity contribution is -0.207. The largest absolute Gasteiger partial charge is 0.394 e. The van der Waals surface area contributed by atoms with Gasteiger partial charge >= 0.3 is 6.18 Å². The number of hydrogen-bond acceptors (Lipinski definition) is 2. The molecule has 0 atom stereocenters. The Bertz CT molecular complexity index is 220. The second kappa shape index (κ2) is 9.22. The van der Waals surface area contributed by atoms with Crippen LogP contribution < -0.4 is 0 Å². The molecule has 1 aliphatic heterocycles. The summed E-state index contributed by atoms with van der Waals surface area (Å²) in [5.41, 5.74) is 0.320. The minimum absolute atomic E-state index is 0.0175. The fourth-order valence-electron chi connectivity index (χ4n) is 1.23. The number of hydrogen-bond donors (Lipinski definition) is 0. The lowest BCUT2D eigenvalue weighted by Crippen LogP contribution is -2.53. The summed E-state index contributed by atoms with van der Waals surface area (Å²) >= 11 is 0. The minimum Gasteiger partial charge on any atom is -0.298 e. The van der Waals surface area contributed by atoms with Crippen molar-refractivity contribution in [2.45, 2.75) is 33.9 Å². The van der Waals surface area contributed by atoms with Crippen molar-refractivity contribution in [3.8, 4) is 0 Å². The lowest BCUT2D eigenvalue weighted by Gasteiger charge is -2.39. The van der Waals surface area contributed by atoms with Crippen LogP contribution in [0.15, 0.2) is 12.2 Å². The van der Waals surface area contributed by atoms with E-state index in [0.717, 1.165) is 0 Å². The zero-order valence-corrected chi connectivity index (χ0v) is 11.0. The van der Waals surface area contributed by atoms with Crippen LogP contribution >= 0.6 is 0 Å². The van der Waals surface area contributed by atoms with Crippen LogP contribution in [0.4, 0.5) is 13.2 Å². The molecule has 0 aliphatic carbocycles. The molecule has 0 spiro atoms. The number of carbonyl (C=O) groups is 1. The van der Waals surface area contributed by atoms with E-state index in [2.05, 4.69) is 6.58 Å². The average Bonchev–Trinajstić information content (AvgIpc) is 2.26. The molecule has 1 heterocycles. The Hall–Kier alpha value is -0.840. The second-order valence-electron chi connectivity index (χ2n) is 3.21. The monoisotopic (exact) mass is 253 g/mol. The van der Waals surface area contributed by atoms with Gasteiger partial charge in [-0.1, -0.05) is 34.3 Å². The highest BCUT2D eigenvalue weighted by atomic mass is 19.4. The quantitative estimate of drug-likeness (QED) is 0.568. The van der Waals surface area contributed by atoms with E-state index < -0.39 is 12.1 Å². The first kappa shape index (κ1) is 18.5. The van der Waals surface area contributed by atoms with Gasteiger partial charge in [0.25, 0.3) is 0 Å². The third-order valence-corrected chi connectivity index (χ3v) is 2.01. The van der Waals surface area contributed by atoms with Gasteiger partial charge in [0.1, 0.15) is 6.29 Å². The van der Waals surface area contributed by atoms with E-state index in [4.69, 9.17) is 0 Å². The molecule has 2 nitrogen and oxygen atoms in total. The van der Waals surface area contributed by atoms with E-state index in [9.17, 15) is 18.0 Å². The first-order chi connectivity index (χ1) is 7.93. The van der Waals surface area contributed by atoms with Gasteiger partial charge in [-0.2, -0.15) is 13.2 Å². The van der Waals surface area contributed by atoms with Crippen molar-refractivity contribution < 1.29 is 18.0 Å². The molecule has 0 bridgehead atoms. The SMILES string of the molecule is C=C(C=O)CN1CC(C(F)(F)F)C1.CC.CC. The summed E-state index contributed by atoms with van der Waals surface area (Å²) in [6.45, 7) is 11.6.